The van der Waals surface area contributed by atoms with Crippen LogP contribution in [0.1, 0.15) is 0 Å². The van der Waals surface area contributed by atoms with E-state index in [9.17, 15) is 4.79 Å². The summed E-state index contributed by atoms with van der Waals surface area (Å²) >= 11 is 0. The van der Waals surface area contributed by atoms with Gasteiger partial charge in [0.05, 0.1) is 5.52 Å². The second-order valence-electron chi connectivity index (χ2n) is 3.88. The molecule has 20 heavy (non-hydrogen) atoms. The maximum atomic E-state index is 11.1. The van der Waals surface area contributed by atoms with Crippen LogP contribution in [0.15, 0.2) is 39.8 Å². The number of aromatic amines is 1. The van der Waals surface area contributed by atoms with E-state index in [1.807, 2.05) is 0 Å². The van der Waals surface area contributed by atoms with Gasteiger partial charge in [-0.1, -0.05) is 0 Å². The number of hydrogen-bond donors (Lipinski definition) is 3. The van der Waals surface area contributed by atoms with Crippen LogP contribution in [-0.4, -0.2) is 15.0 Å². The first kappa shape index (κ1) is 11.7. The van der Waals surface area contributed by atoms with E-state index in [0.29, 0.717) is 28.4 Å². The van der Waals surface area contributed by atoms with Crippen molar-refractivity contribution in [1.82, 2.24) is 15.0 Å². The second-order valence-corrected chi connectivity index (χ2v) is 3.88. The molecule has 0 fully saturated rings. The highest BCUT2D eigenvalue weighted by Crippen LogP contribution is 2.20. The molecule has 0 radical (unpaired) electrons. The smallest absolute Gasteiger partial charge is 0.408 e. The number of H-pyrrole nitrogens is 1. The quantitative estimate of drug-likeness (QED) is 0.486. The Kier molecular flexibility index (Phi) is 2.78. The van der Waals surface area contributed by atoms with E-state index in [-0.39, 0.29) is 0 Å². The standard InChI is InChI=1S/C12H8N6O2/c13-5-14-10-4-11(16-6-15-10)17-7-1-2-8-9(3-7)20-12(19)18-8/h1-4,6H,(H,18,19)(H2,14,15,16,17). The third-order valence-electron chi connectivity index (χ3n) is 2.54. The molecule has 0 bridgehead atoms. The van der Waals surface area contributed by atoms with Crippen LogP contribution in [0.4, 0.5) is 17.3 Å². The molecule has 0 amide bonds. The van der Waals surface area contributed by atoms with Crippen LogP contribution < -0.4 is 16.4 Å². The minimum Gasteiger partial charge on any atom is -0.408 e. The zero-order chi connectivity index (χ0) is 13.9. The molecule has 8 heteroatoms. The Balaban J connectivity index is 1.90. The van der Waals surface area contributed by atoms with Crippen molar-refractivity contribution in [1.29, 1.82) is 5.26 Å². The molecule has 1 aromatic carbocycles. The molecule has 0 saturated carbocycles. The van der Waals surface area contributed by atoms with E-state index in [1.54, 1.807) is 30.5 Å². The van der Waals surface area contributed by atoms with Gasteiger partial charge in [-0.2, -0.15) is 5.26 Å². The van der Waals surface area contributed by atoms with Gasteiger partial charge in [-0.25, -0.2) is 14.8 Å². The Morgan fingerprint density at radius 3 is 2.95 bits per heavy atom. The second kappa shape index (κ2) is 4.74. The van der Waals surface area contributed by atoms with Gasteiger partial charge in [-0.3, -0.25) is 10.3 Å². The van der Waals surface area contributed by atoms with E-state index in [0.717, 1.165) is 0 Å². The highest BCUT2D eigenvalue weighted by molar-refractivity contribution is 5.78. The molecule has 2 aromatic heterocycles. The molecule has 98 valence electrons. The Bertz CT molecular complexity index is 860. The third-order valence-corrected chi connectivity index (χ3v) is 2.54. The molecular weight excluding hydrogens is 260 g/mol. The summed E-state index contributed by atoms with van der Waals surface area (Å²) in [5.74, 6) is 0.397. The third kappa shape index (κ3) is 2.28. The largest absolute Gasteiger partial charge is 0.417 e. The van der Waals surface area contributed by atoms with Gasteiger partial charge >= 0.3 is 5.76 Å². The van der Waals surface area contributed by atoms with Gasteiger partial charge in [-0.15, -0.1) is 0 Å². The van der Waals surface area contributed by atoms with Crippen LogP contribution in [0.3, 0.4) is 0 Å². The van der Waals surface area contributed by atoms with Gasteiger partial charge < -0.3 is 9.73 Å². The van der Waals surface area contributed by atoms with Crippen LogP contribution >= 0.6 is 0 Å². The predicted molar refractivity (Wildman–Crippen MR) is 71.4 cm³/mol. The molecule has 3 rings (SSSR count). The van der Waals surface area contributed by atoms with E-state index in [1.165, 1.54) is 6.33 Å². The molecule has 0 aliphatic carbocycles. The maximum absolute atomic E-state index is 11.1. The number of nitrogens with one attached hydrogen (secondary N) is 3. The zero-order valence-corrected chi connectivity index (χ0v) is 10.0. The number of aromatic nitrogens is 3. The lowest BCUT2D eigenvalue weighted by atomic mass is 10.3. The van der Waals surface area contributed by atoms with E-state index in [4.69, 9.17) is 9.68 Å². The molecule has 0 saturated heterocycles. The summed E-state index contributed by atoms with van der Waals surface area (Å²) in [6.07, 6.45) is 3.11. The maximum Gasteiger partial charge on any atom is 0.417 e. The van der Waals surface area contributed by atoms with Crippen molar-refractivity contribution in [3.8, 4) is 6.19 Å². The molecule has 0 atom stereocenters. The van der Waals surface area contributed by atoms with Crippen molar-refractivity contribution in [2.45, 2.75) is 0 Å². The van der Waals surface area contributed by atoms with Gasteiger partial charge in [0, 0.05) is 17.8 Å². The predicted octanol–water partition coefficient (Wildman–Crippen LogP) is 1.55. The average molecular weight is 268 g/mol. The summed E-state index contributed by atoms with van der Waals surface area (Å²) in [4.78, 5) is 21.5. The normalized spacial score (nSPS) is 10.2. The molecular formula is C12H8N6O2. The summed E-state index contributed by atoms with van der Waals surface area (Å²) in [7, 11) is 0. The SMILES string of the molecule is N#CNc1cc(Nc2ccc3[nH]c(=O)oc3c2)ncn1. The Labute approximate surface area is 112 Å². The van der Waals surface area contributed by atoms with Crippen LogP contribution in [0.2, 0.25) is 0 Å². The van der Waals surface area contributed by atoms with Crippen LogP contribution in [0.25, 0.3) is 11.1 Å². The van der Waals surface area contributed by atoms with Crippen molar-refractivity contribution >= 4 is 28.4 Å². The van der Waals surface area contributed by atoms with Crippen molar-refractivity contribution in [3.05, 3.63) is 41.1 Å². The average Bonchev–Trinajstić information content (AvgIpc) is 2.79. The number of hydrogen-bond acceptors (Lipinski definition) is 7. The number of nitriles is 1. The van der Waals surface area contributed by atoms with Crippen LogP contribution in [0.5, 0.6) is 0 Å². The first-order chi connectivity index (χ1) is 9.74. The molecule has 0 unspecified atom stereocenters. The van der Waals surface area contributed by atoms with Gasteiger partial charge in [0.2, 0.25) is 0 Å². The monoisotopic (exact) mass is 268 g/mol. The fourth-order valence-corrected chi connectivity index (χ4v) is 1.72. The number of benzene rings is 1. The lowest BCUT2D eigenvalue weighted by Crippen LogP contribution is -1.97. The van der Waals surface area contributed by atoms with E-state index in [2.05, 4.69) is 25.6 Å². The van der Waals surface area contributed by atoms with Gasteiger partial charge in [0.1, 0.15) is 18.0 Å². The number of rotatable bonds is 3. The fourth-order valence-electron chi connectivity index (χ4n) is 1.72. The number of nitrogens with zero attached hydrogens (tertiary/aromatic N) is 3. The van der Waals surface area contributed by atoms with Gasteiger partial charge in [-0.05, 0) is 12.1 Å². The number of fused-ring (bicyclic) bond motifs is 1. The molecule has 0 spiro atoms. The topological polar surface area (TPSA) is 120 Å². The van der Waals surface area contributed by atoms with Crippen LogP contribution in [-0.2, 0) is 0 Å². The highest BCUT2D eigenvalue weighted by Gasteiger charge is 2.04. The Morgan fingerprint density at radius 1 is 1.25 bits per heavy atom. The van der Waals surface area contributed by atoms with Crippen molar-refractivity contribution < 1.29 is 4.42 Å². The molecule has 8 nitrogen and oxygen atoms in total. The Hall–Kier alpha value is -3.34. The zero-order valence-electron chi connectivity index (χ0n) is 10.0. The number of anilines is 3. The summed E-state index contributed by atoms with van der Waals surface area (Å²) in [6, 6.07) is 6.75. The first-order valence-electron chi connectivity index (χ1n) is 5.61. The lowest BCUT2D eigenvalue weighted by molar-refractivity contribution is 0.555. The minimum absolute atomic E-state index is 0.388. The summed E-state index contributed by atoms with van der Waals surface area (Å²) < 4.78 is 4.97. The summed E-state index contributed by atoms with van der Waals surface area (Å²) in [5.41, 5.74) is 1.77. The Morgan fingerprint density at radius 2 is 2.10 bits per heavy atom. The van der Waals surface area contributed by atoms with Crippen molar-refractivity contribution in [3.63, 3.8) is 0 Å². The van der Waals surface area contributed by atoms with Crippen LogP contribution in [0, 0.1) is 11.5 Å². The summed E-state index contributed by atoms with van der Waals surface area (Å²) in [5, 5.41) is 14.0. The summed E-state index contributed by atoms with van der Waals surface area (Å²) in [6.45, 7) is 0. The van der Waals surface area contributed by atoms with E-state index >= 15 is 0 Å². The molecule has 3 aromatic rings. The first-order valence-corrected chi connectivity index (χ1v) is 5.61. The van der Waals surface area contributed by atoms with E-state index < -0.39 is 5.76 Å². The van der Waals surface area contributed by atoms with Crippen molar-refractivity contribution in [2.75, 3.05) is 10.6 Å². The fraction of sp³-hybridized carbons (Fsp3) is 0. The van der Waals surface area contributed by atoms with Gasteiger partial charge in [0.15, 0.2) is 11.8 Å². The molecule has 3 N–H and O–H groups in total. The molecule has 2 heterocycles. The minimum atomic E-state index is -0.500. The van der Waals surface area contributed by atoms with Gasteiger partial charge in [0.25, 0.3) is 0 Å². The molecule has 0 aliphatic rings. The number of oxazole rings is 1. The molecule has 0 aliphatic heterocycles. The lowest BCUT2D eigenvalue weighted by Gasteiger charge is -2.05. The van der Waals surface area contributed by atoms with Crippen molar-refractivity contribution in [2.24, 2.45) is 0 Å². The highest BCUT2D eigenvalue weighted by atomic mass is 16.4.